The van der Waals surface area contributed by atoms with Crippen LogP contribution in [0, 0.1) is 6.92 Å². The molecule has 0 saturated carbocycles. The van der Waals surface area contributed by atoms with Gasteiger partial charge in [0.05, 0.1) is 15.9 Å². The van der Waals surface area contributed by atoms with Crippen LogP contribution in [0.25, 0.3) is 11.0 Å². The first-order valence-corrected chi connectivity index (χ1v) is 8.83. The number of hydrogen-bond donors (Lipinski definition) is 1. The van der Waals surface area contributed by atoms with E-state index >= 15 is 0 Å². The zero-order chi connectivity index (χ0) is 15.8. The Balaban J connectivity index is 1.55. The number of rotatable bonds is 2. The minimum Gasteiger partial charge on any atom is -0.342 e. The van der Waals surface area contributed by atoms with Crippen LogP contribution in [0.4, 0.5) is 0 Å². The molecule has 1 atom stereocenters. The number of hydrogen-bond acceptors (Lipinski definition) is 3. The van der Waals surface area contributed by atoms with Gasteiger partial charge in [0.2, 0.25) is 0 Å². The van der Waals surface area contributed by atoms with Crippen LogP contribution in [0.3, 0.4) is 0 Å². The highest BCUT2D eigenvalue weighted by Crippen LogP contribution is 2.28. The monoisotopic (exact) mass is 325 g/mol. The first-order chi connectivity index (χ1) is 11.2. The summed E-state index contributed by atoms with van der Waals surface area (Å²) in [6, 6.07) is 12.0. The van der Waals surface area contributed by atoms with E-state index in [1.165, 1.54) is 4.88 Å². The summed E-state index contributed by atoms with van der Waals surface area (Å²) < 4.78 is 0. The van der Waals surface area contributed by atoms with E-state index in [0.717, 1.165) is 47.7 Å². The number of para-hydroxylation sites is 2. The highest BCUT2D eigenvalue weighted by Gasteiger charge is 2.27. The number of aromatic amines is 1. The van der Waals surface area contributed by atoms with E-state index in [1.807, 2.05) is 48.2 Å². The number of nitrogens with zero attached hydrogens (tertiary/aromatic N) is 2. The van der Waals surface area contributed by atoms with Crippen LogP contribution in [0.2, 0.25) is 0 Å². The van der Waals surface area contributed by atoms with Crippen molar-refractivity contribution in [1.29, 1.82) is 0 Å². The molecule has 4 rings (SSSR count). The highest BCUT2D eigenvalue weighted by atomic mass is 32.1. The average Bonchev–Trinajstić information content (AvgIpc) is 3.20. The van der Waals surface area contributed by atoms with Gasteiger partial charge in [-0.25, -0.2) is 4.98 Å². The molecule has 3 heterocycles. The largest absolute Gasteiger partial charge is 0.342 e. The van der Waals surface area contributed by atoms with Crippen molar-refractivity contribution in [2.75, 3.05) is 13.1 Å². The third-order valence-corrected chi connectivity index (χ3v) is 5.44. The molecule has 1 aliphatic heterocycles. The SMILES string of the molecule is Cc1ccc(C(=O)N2CCCC(c3nc4ccccc4[nH]3)C2)s1. The molecule has 3 aromatic rings. The first-order valence-electron chi connectivity index (χ1n) is 8.01. The Labute approximate surface area is 139 Å². The summed E-state index contributed by atoms with van der Waals surface area (Å²) in [6.07, 6.45) is 2.10. The zero-order valence-electron chi connectivity index (χ0n) is 13.1. The molecule has 0 bridgehead atoms. The predicted molar refractivity (Wildman–Crippen MR) is 93.0 cm³/mol. The Kier molecular flexibility index (Phi) is 3.65. The maximum absolute atomic E-state index is 12.7. The molecule has 1 fully saturated rings. The number of likely N-dealkylation sites (tertiary alicyclic amines) is 1. The van der Waals surface area contributed by atoms with Crippen molar-refractivity contribution in [2.45, 2.75) is 25.7 Å². The van der Waals surface area contributed by atoms with Crippen molar-refractivity contribution >= 4 is 28.3 Å². The molecule has 5 heteroatoms. The first kappa shape index (κ1) is 14.5. The van der Waals surface area contributed by atoms with E-state index in [1.54, 1.807) is 11.3 Å². The van der Waals surface area contributed by atoms with Crippen molar-refractivity contribution in [2.24, 2.45) is 0 Å². The third-order valence-electron chi connectivity index (χ3n) is 4.45. The lowest BCUT2D eigenvalue weighted by atomic mass is 9.97. The number of thiophene rings is 1. The second-order valence-corrected chi connectivity index (χ2v) is 7.43. The fourth-order valence-corrected chi connectivity index (χ4v) is 4.09. The number of amides is 1. The molecule has 23 heavy (non-hydrogen) atoms. The van der Waals surface area contributed by atoms with Gasteiger partial charge < -0.3 is 9.88 Å². The number of piperidine rings is 1. The molecule has 0 aliphatic carbocycles. The van der Waals surface area contributed by atoms with E-state index in [2.05, 4.69) is 4.98 Å². The topological polar surface area (TPSA) is 49.0 Å². The third kappa shape index (κ3) is 2.77. The minimum absolute atomic E-state index is 0.156. The molecule has 0 radical (unpaired) electrons. The number of imidazole rings is 1. The highest BCUT2D eigenvalue weighted by molar-refractivity contribution is 7.13. The summed E-state index contributed by atoms with van der Waals surface area (Å²) in [6.45, 7) is 3.62. The van der Waals surface area contributed by atoms with Gasteiger partial charge in [-0.15, -0.1) is 11.3 Å². The number of benzene rings is 1. The van der Waals surface area contributed by atoms with E-state index < -0.39 is 0 Å². The summed E-state index contributed by atoms with van der Waals surface area (Å²) in [5.74, 6) is 1.45. The normalized spacial score (nSPS) is 18.5. The lowest BCUT2D eigenvalue weighted by Gasteiger charge is -2.31. The minimum atomic E-state index is 0.156. The van der Waals surface area contributed by atoms with E-state index in [4.69, 9.17) is 4.98 Å². The van der Waals surface area contributed by atoms with Gasteiger partial charge in [0, 0.05) is 23.9 Å². The summed E-state index contributed by atoms with van der Waals surface area (Å²) in [4.78, 5) is 24.8. The molecule has 4 nitrogen and oxygen atoms in total. The van der Waals surface area contributed by atoms with Crippen molar-refractivity contribution in [3.8, 4) is 0 Å². The van der Waals surface area contributed by atoms with Gasteiger partial charge in [-0.1, -0.05) is 12.1 Å². The molecular formula is C18H19N3OS. The molecule has 2 aromatic heterocycles. The summed E-state index contributed by atoms with van der Waals surface area (Å²) in [7, 11) is 0. The van der Waals surface area contributed by atoms with Crippen LogP contribution in [0.5, 0.6) is 0 Å². The number of carbonyl (C=O) groups excluding carboxylic acids is 1. The molecular weight excluding hydrogens is 306 g/mol. The number of aromatic nitrogens is 2. The van der Waals surface area contributed by atoms with Gasteiger partial charge >= 0.3 is 0 Å². The van der Waals surface area contributed by atoms with Crippen molar-refractivity contribution in [3.63, 3.8) is 0 Å². The molecule has 1 amide bonds. The molecule has 1 N–H and O–H groups in total. The summed E-state index contributed by atoms with van der Waals surface area (Å²) >= 11 is 1.58. The molecule has 1 aliphatic rings. The molecule has 1 unspecified atom stereocenters. The zero-order valence-corrected chi connectivity index (χ0v) is 13.9. The van der Waals surface area contributed by atoms with Crippen LogP contribution in [0.15, 0.2) is 36.4 Å². The Hall–Kier alpha value is -2.14. The Morgan fingerprint density at radius 1 is 1.30 bits per heavy atom. The molecule has 118 valence electrons. The average molecular weight is 325 g/mol. The number of nitrogens with one attached hydrogen (secondary N) is 1. The van der Waals surface area contributed by atoms with Gasteiger partial charge in [-0.2, -0.15) is 0 Å². The Morgan fingerprint density at radius 2 is 2.17 bits per heavy atom. The number of fused-ring (bicyclic) bond motifs is 1. The lowest BCUT2D eigenvalue weighted by molar-refractivity contribution is 0.0710. The standard InChI is InChI=1S/C18H19N3OS/c1-12-8-9-16(23-12)18(22)21-10-4-5-13(11-21)17-19-14-6-2-3-7-15(14)20-17/h2-3,6-9,13H,4-5,10-11H2,1H3,(H,19,20). The fourth-order valence-electron chi connectivity index (χ4n) is 3.26. The van der Waals surface area contributed by atoms with E-state index in [0.29, 0.717) is 5.92 Å². The van der Waals surface area contributed by atoms with E-state index in [9.17, 15) is 4.79 Å². The van der Waals surface area contributed by atoms with Crippen LogP contribution < -0.4 is 0 Å². The van der Waals surface area contributed by atoms with Crippen molar-refractivity contribution < 1.29 is 4.79 Å². The Morgan fingerprint density at radius 3 is 2.96 bits per heavy atom. The second-order valence-electron chi connectivity index (χ2n) is 6.14. The van der Waals surface area contributed by atoms with Crippen molar-refractivity contribution in [1.82, 2.24) is 14.9 Å². The van der Waals surface area contributed by atoms with Gasteiger partial charge in [-0.05, 0) is 44.0 Å². The Bertz CT molecular complexity index is 818. The van der Waals surface area contributed by atoms with Gasteiger partial charge in [0.1, 0.15) is 5.82 Å². The van der Waals surface area contributed by atoms with Gasteiger partial charge in [0.15, 0.2) is 0 Å². The second kappa shape index (κ2) is 5.81. The maximum Gasteiger partial charge on any atom is 0.263 e. The van der Waals surface area contributed by atoms with Crippen molar-refractivity contribution in [3.05, 3.63) is 52.0 Å². The smallest absolute Gasteiger partial charge is 0.263 e. The number of aryl methyl sites for hydroxylation is 1. The summed E-state index contributed by atoms with van der Waals surface area (Å²) in [5.41, 5.74) is 2.07. The maximum atomic E-state index is 12.7. The molecule has 1 saturated heterocycles. The molecule has 1 aromatic carbocycles. The number of carbonyl (C=O) groups is 1. The van der Waals surface area contributed by atoms with Crippen LogP contribution in [-0.2, 0) is 0 Å². The van der Waals surface area contributed by atoms with Gasteiger partial charge in [-0.3, -0.25) is 4.79 Å². The van der Waals surface area contributed by atoms with Crippen LogP contribution >= 0.6 is 11.3 Å². The predicted octanol–water partition coefficient (Wildman–Crippen LogP) is 3.95. The van der Waals surface area contributed by atoms with E-state index in [-0.39, 0.29) is 5.91 Å². The quantitative estimate of drug-likeness (QED) is 0.775. The van der Waals surface area contributed by atoms with Gasteiger partial charge in [0.25, 0.3) is 5.91 Å². The summed E-state index contributed by atoms with van der Waals surface area (Å²) in [5, 5.41) is 0. The fraction of sp³-hybridized carbons (Fsp3) is 0.333. The van der Waals surface area contributed by atoms with Crippen LogP contribution in [0.1, 0.15) is 39.1 Å². The molecule has 0 spiro atoms. The van der Waals surface area contributed by atoms with Crippen LogP contribution in [-0.4, -0.2) is 33.9 Å². The lowest BCUT2D eigenvalue weighted by Crippen LogP contribution is -2.39. The number of H-pyrrole nitrogens is 1.